The van der Waals surface area contributed by atoms with Gasteiger partial charge in [0.25, 0.3) is 11.6 Å². The Morgan fingerprint density at radius 3 is 2.30 bits per heavy atom. The Labute approximate surface area is 163 Å². The number of nitro benzene ring substituents is 1. The SMILES string of the molecule is CN(C)c1ccc(C(CNC(=O)c2cc([N+](=O)[O-])ccc2Cl)N(C)C)cc1. The molecule has 0 bridgehead atoms. The van der Waals surface area contributed by atoms with Crippen LogP contribution in [0.15, 0.2) is 42.5 Å². The Morgan fingerprint density at radius 2 is 1.78 bits per heavy atom. The molecule has 0 fully saturated rings. The molecule has 2 aromatic carbocycles. The summed E-state index contributed by atoms with van der Waals surface area (Å²) in [5.74, 6) is -0.444. The molecule has 0 aliphatic heterocycles. The van der Waals surface area contributed by atoms with Gasteiger partial charge >= 0.3 is 0 Å². The average Bonchev–Trinajstić information content (AvgIpc) is 2.62. The van der Waals surface area contributed by atoms with Crippen LogP contribution in [0.4, 0.5) is 11.4 Å². The fourth-order valence-electron chi connectivity index (χ4n) is 2.68. The Morgan fingerprint density at radius 1 is 1.15 bits per heavy atom. The molecule has 2 rings (SSSR count). The van der Waals surface area contributed by atoms with E-state index in [-0.39, 0.29) is 22.3 Å². The molecule has 0 spiro atoms. The van der Waals surface area contributed by atoms with Crippen LogP contribution in [0.25, 0.3) is 0 Å². The number of benzene rings is 2. The number of nitro groups is 1. The lowest BCUT2D eigenvalue weighted by atomic mass is 10.0. The van der Waals surface area contributed by atoms with Gasteiger partial charge in [0.2, 0.25) is 0 Å². The summed E-state index contributed by atoms with van der Waals surface area (Å²) < 4.78 is 0. The Kier molecular flexibility index (Phi) is 6.76. The summed E-state index contributed by atoms with van der Waals surface area (Å²) in [6, 6.07) is 11.8. The standard InChI is InChI=1S/C19H23ClN4O3/c1-22(2)14-7-5-13(6-8-14)18(23(3)4)12-21-19(25)16-11-15(24(26)27)9-10-17(16)20/h5-11,18H,12H2,1-4H3,(H,21,25). The summed E-state index contributed by atoms with van der Waals surface area (Å²) in [5.41, 5.74) is 2.05. The molecule has 0 radical (unpaired) electrons. The van der Waals surface area contributed by atoms with Crippen molar-refractivity contribution in [3.63, 3.8) is 0 Å². The number of halogens is 1. The molecular weight excluding hydrogens is 368 g/mol. The van der Waals surface area contributed by atoms with E-state index < -0.39 is 10.8 Å². The molecule has 2 aromatic rings. The fourth-order valence-corrected chi connectivity index (χ4v) is 2.88. The van der Waals surface area contributed by atoms with Gasteiger partial charge in [-0.05, 0) is 37.9 Å². The van der Waals surface area contributed by atoms with Crippen molar-refractivity contribution in [2.75, 3.05) is 39.6 Å². The largest absolute Gasteiger partial charge is 0.378 e. The third-order valence-electron chi connectivity index (χ3n) is 4.28. The van der Waals surface area contributed by atoms with Crippen molar-refractivity contribution in [3.05, 3.63) is 68.7 Å². The molecular formula is C19H23ClN4O3. The van der Waals surface area contributed by atoms with Crippen LogP contribution in [0.2, 0.25) is 5.02 Å². The number of hydrogen-bond donors (Lipinski definition) is 1. The van der Waals surface area contributed by atoms with Gasteiger partial charge in [0, 0.05) is 38.5 Å². The third kappa shape index (κ3) is 5.18. The minimum atomic E-state index is -0.554. The molecule has 0 aliphatic carbocycles. The number of amides is 1. The van der Waals surface area contributed by atoms with Crippen LogP contribution in [0.1, 0.15) is 22.0 Å². The summed E-state index contributed by atoms with van der Waals surface area (Å²) in [4.78, 5) is 26.9. The van der Waals surface area contributed by atoms with Crippen LogP contribution < -0.4 is 10.2 Å². The van der Waals surface area contributed by atoms with Gasteiger partial charge in [-0.1, -0.05) is 23.7 Å². The van der Waals surface area contributed by atoms with E-state index in [0.717, 1.165) is 11.3 Å². The second kappa shape index (κ2) is 8.83. The molecule has 1 unspecified atom stereocenters. The summed E-state index contributed by atoms with van der Waals surface area (Å²) in [6.45, 7) is 0.339. The highest BCUT2D eigenvalue weighted by Crippen LogP contribution is 2.23. The minimum absolute atomic E-state index is 0.0531. The number of carbonyl (C=O) groups is 1. The first-order valence-electron chi connectivity index (χ1n) is 8.36. The van der Waals surface area contributed by atoms with Crippen LogP contribution in [-0.4, -0.2) is 50.5 Å². The molecule has 0 aliphatic rings. The van der Waals surface area contributed by atoms with Crippen molar-refractivity contribution in [1.29, 1.82) is 0 Å². The summed E-state index contributed by atoms with van der Waals surface area (Å²) >= 11 is 6.04. The van der Waals surface area contributed by atoms with Gasteiger partial charge in [-0.25, -0.2) is 0 Å². The minimum Gasteiger partial charge on any atom is -0.378 e. The van der Waals surface area contributed by atoms with E-state index in [0.29, 0.717) is 6.54 Å². The molecule has 1 atom stereocenters. The Bertz CT molecular complexity index is 822. The number of nitrogens with zero attached hydrogens (tertiary/aromatic N) is 3. The van der Waals surface area contributed by atoms with Crippen molar-refractivity contribution in [2.45, 2.75) is 6.04 Å². The quantitative estimate of drug-likeness (QED) is 0.579. The maximum absolute atomic E-state index is 12.5. The van der Waals surface area contributed by atoms with Gasteiger partial charge in [-0.15, -0.1) is 0 Å². The van der Waals surface area contributed by atoms with Crippen LogP contribution in [-0.2, 0) is 0 Å². The lowest BCUT2D eigenvalue weighted by Gasteiger charge is -2.26. The molecule has 0 saturated carbocycles. The zero-order valence-electron chi connectivity index (χ0n) is 15.8. The highest BCUT2D eigenvalue weighted by atomic mass is 35.5. The van der Waals surface area contributed by atoms with Crippen molar-refractivity contribution in [3.8, 4) is 0 Å². The number of nitrogens with one attached hydrogen (secondary N) is 1. The topological polar surface area (TPSA) is 78.7 Å². The molecule has 7 nitrogen and oxygen atoms in total. The second-order valence-electron chi connectivity index (χ2n) is 6.60. The Balaban J connectivity index is 2.15. The van der Waals surface area contributed by atoms with Crippen LogP contribution >= 0.6 is 11.6 Å². The first-order valence-corrected chi connectivity index (χ1v) is 8.74. The number of hydrogen-bond acceptors (Lipinski definition) is 5. The van der Waals surface area contributed by atoms with Crippen molar-refractivity contribution >= 4 is 28.9 Å². The predicted octanol–water partition coefficient (Wildman–Crippen LogP) is 3.35. The van der Waals surface area contributed by atoms with Crippen molar-refractivity contribution in [1.82, 2.24) is 10.2 Å². The maximum Gasteiger partial charge on any atom is 0.270 e. The number of anilines is 1. The molecule has 8 heteroatoms. The van der Waals surface area contributed by atoms with Crippen LogP contribution in [0.3, 0.4) is 0 Å². The summed E-state index contributed by atoms with van der Waals surface area (Å²) in [7, 11) is 7.80. The van der Waals surface area contributed by atoms with E-state index in [1.807, 2.05) is 62.3 Å². The van der Waals surface area contributed by atoms with Gasteiger partial charge in [0.15, 0.2) is 0 Å². The molecule has 27 heavy (non-hydrogen) atoms. The molecule has 0 heterocycles. The van der Waals surface area contributed by atoms with Gasteiger partial charge in [-0.2, -0.15) is 0 Å². The zero-order chi connectivity index (χ0) is 20.1. The monoisotopic (exact) mass is 390 g/mol. The number of non-ortho nitro benzene ring substituents is 1. The van der Waals surface area contributed by atoms with Gasteiger partial charge in [0.1, 0.15) is 0 Å². The van der Waals surface area contributed by atoms with Gasteiger partial charge in [-0.3, -0.25) is 14.9 Å². The molecule has 0 saturated heterocycles. The van der Waals surface area contributed by atoms with Crippen LogP contribution in [0.5, 0.6) is 0 Å². The first kappa shape index (κ1) is 20.7. The Hall–Kier alpha value is -2.64. The van der Waals surface area contributed by atoms with Crippen molar-refractivity contribution < 1.29 is 9.72 Å². The van der Waals surface area contributed by atoms with E-state index in [4.69, 9.17) is 11.6 Å². The van der Waals surface area contributed by atoms with E-state index in [1.165, 1.54) is 18.2 Å². The van der Waals surface area contributed by atoms with E-state index >= 15 is 0 Å². The van der Waals surface area contributed by atoms with Gasteiger partial charge in [0.05, 0.1) is 21.6 Å². The predicted molar refractivity (Wildman–Crippen MR) is 108 cm³/mol. The van der Waals surface area contributed by atoms with E-state index in [9.17, 15) is 14.9 Å². The summed E-state index contributed by atoms with van der Waals surface area (Å²) in [6.07, 6.45) is 0. The highest BCUT2D eigenvalue weighted by molar-refractivity contribution is 6.33. The fraction of sp³-hybridized carbons (Fsp3) is 0.316. The number of rotatable bonds is 7. The first-order chi connectivity index (χ1) is 12.7. The molecule has 144 valence electrons. The third-order valence-corrected chi connectivity index (χ3v) is 4.61. The highest BCUT2D eigenvalue weighted by Gasteiger charge is 2.19. The maximum atomic E-state index is 12.5. The van der Waals surface area contributed by atoms with E-state index in [2.05, 4.69) is 5.32 Å². The molecule has 1 N–H and O–H groups in total. The lowest BCUT2D eigenvalue weighted by molar-refractivity contribution is -0.384. The van der Waals surface area contributed by atoms with Gasteiger partial charge < -0.3 is 15.1 Å². The summed E-state index contributed by atoms with van der Waals surface area (Å²) in [5, 5.41) is 13.9. The van der Waals surface area contributed by atoms with E-state index in [1.54, 1.807) is 0 Å². The molecule has 0 aromatic heterocycles. The van der Waals surface area contributed by atoms with Crippen LogP contribution in [0, 0.1) is 10.1 Å². The number of carbonyl (C=O) groups excluding carboxylic acids is 1. The molecule has 1 amide bonds. The normalized spacial score (nSPS) is 11.9. The zero-order valence-corrected chi connectivity index (χ0v) is 16.5. The van der Waals surface area contributed by atoms with Crippen molar-refractivity contribution in [2.24, 2.45) is 0 Å². The second-order valence-corrected chi connectivity index (χ2v) is 7.00. The lowest BCUT2D eigenvalue weighted by Crippen LogP contribution is -2.34. The number of likely N-dealkylation sites (N-methyl/N-ethyl adjacent to an activating group) is 1. The average molecular weight is 391 g/mol. The smallest absolute Gasteiger partial charge is 0.270 e.